The molecule has 0 aromatic heterocycles. The minimum atomic E-state index is 0.110. The standard InChI is InChI=1S/C13H20BrNO/c14-8-13(4-1-5-13)15-12(16)11-7-9-2-3-10(11)6-9/h9-11H,1-8H2,(H,15,16). The molecule has 2 bridgehead atoms. The average molecular weight is 286 g/mol. The van der Waals surface area contributed by atoms with Gasteiger partial charge in [0.2, 0.25) is 5.91 Å². The SMILES string of the molecule is O=C(NC1(CBr)CCC1)C1CC2CCC1C2. The van der Waals surface area contributed by atoms with E-state index in [1.807, 2.05) is 0 Å². The molecular weight excluding hydrogens is 266 g/mol. The predicted molar refractivity (Wildman–Crippen MR) is 67.5 cm³/mol. The number of carbonyl (C=O) groups excluding carboxylic acids is 1. The molecule has 3 saturated carbocycles. The molecule has 0 spiro atoms. The third kappa shape index (κ3) is 1.71. The maximum absolute atomic E-state index is 12.3. The first-order valence-electron chi connectivity index (χ1n) is 6.60. The second kappa shape index (κ2) is 4.01. The fraction of sp³-hybridized carbons (Fsp3) is 0.923. The van der Waals surface area contributed by atoms with Crippen LogP contribution in [0.25, 0.3) is 0 Å². The number of hydrogen-bond acceptors (Lipinski definition) is 1. The summed E-state index contributed by atoms with van der Waals surface area (Å²) in [6, 6.07) is 0. The molecule has 1 N–H and O–H groups in total. The Kier molecular flexibility index (Phi) is 2.77. The third-order valence-corrected chi connectivity index (χ3v) is 6.10. The molecule has 0 aromatic rings. The first kappa shape index (κ1) is 11.1. The molecule has 0 saturated heterocycles. The van der Waals surface area contributed by atoms with E-state index in [1.54, 1.807) is 0 Å². The Bertz CT molecular complexity index is 295. The molecule has 3 aliphatic carbocycles. The van der Waals surface area contributed by atoms with E-state index in [-0.39, 0.29) is 5.54 Å². The highest BCUT2D eigenvalue weighted by Crippen LogP contribution is 2.48. The number of halogens is 1. The van der Waals surface area contributed by atoms with Crippen molar-refractivity contribution in [2.24, 2.45) is 17.8 Å². The van der Waals surface area contributed by atoms with E-state index in [0.717, 1.165) is 30.5 Å². The lowest BCUT2D eigenvalue weighted by Crippen LogP contribution is -2.56. The van der Waals surface area contributed by atoms with Crippen LogP contribution < -0.4 is 5.32 Å². The zero-order chi connectivity index (χ0) is 11.2. The Morgan fingerprint density at radius 3 is 2.56 bits per heavy atom. The second-order valence-electron chi connectivity index (χ2n) is 6.04. The zero-order valence-corrected chi connectivity index (χ0v) is 11.3. The van der Waals surface area contributed by atoms with Gasteiger partial charge in [-0.1, -0.05) is 22.4 Å². The number of rotatable bonds is 3. The van der Waals surface area contributed by atoms with E-state index in [1.165, 1.54) is 25.7 Å². The molecule has 1 amide bonds. The van der Waals surface area contributed by atoms with Crippen molar-refractivity contribution < 1.29 is 4.79 Å². The summed E-state index contributed by atoms with van der Waals surface area (Å²) in [7, 11) is 0. The summed E-state index contributed by atoms with van der Waals surface area (Å²) in [6.07, 6.45) is 8.73. The average Bonchev–Trinajstić information content (AvgIpc) is 2.84. The zero-order valence-electron chi connectivity index (χ0n) is 9.68. The lowest BCUT2D eigenvalue weighted by molar-refractivity contribution is -0.129. The molecule has 3 fully saturated rings. The van der Waals surface area contributed by atoms with Gasteiger partial charge < -0.3 is 5.32 Å². The molecular formula is C13H20BrNO. The Morgan fingerprint density at radius 2 is 2.12 bits per heavy atom. The van der Waals surface area contributed by atoms with Gasteiger partial charge >= 0.3 is 0 Å². The Labute approximate surface area is 106 Å². The van der Waals surface area contributed by atoms with Crippen LogP contribution in [-0.2, 0) is 4.79 Å². The highest BCUT2D eigenvalue weighted by molar-refractivity contribution is 9.09. The maximum atomic E-state index is 12.3. The molecule has 0 aliphatic heterocycles. The lowest BCUT2D eigenvalue weighted by Gasteiger charge is -2.42. The van der Waals surface area contributed by atoms with Crippen LogP contribution in [0.4, 0.5) is 0 Å². The summed E-state index contributed by atoms with van der Waals surface area (Å²) < 4.78 is 0. The van der Waals surface area contributed by atoms with E-state index in [9.17, 15) is 4.79 Å². The molecule has 90 valence electrons. The van der Waals surface area contributed by atoms with Gasteiger partial charge in [0.1, 0.15) is 0 Å². The van der Waals surface area contributed by atoms with Gasteiger partial charge in [0.05, 0.1) is 0 Å². The first-order valence-corrected chi connectivity index (χ1v) is 7.73. The van der Waals surface area contributed by atoms with Crippen LogP contribution in [0.2, 0.25) is 0 Å². The molecule has 2 nitrogen and oxygen atoms in total. The highest BCUT2D eigenvalue weighted by atomic mass is 79.9. The van der Waals surface area contributed by atoms with Crippen molar-refractivity contribution >= 4 is 21.8 Å². The monoisotopic (exact) mass is 285 g/mol. The summed E-state index contributed by atoms with van der Waals surface area (Å²) in [6.45, 7) is 0. The van der Waals surface area contributed by atoms with Crippen molar-refractivity contribution in [3.05, 3.63) is 0 Å². The van der Waals surface area contributed by atoms with Crippen LogP contribution in [0, 0.1) is 17.8 Å². The largest absolute Gasteiger partial charge is 0.350 e. The normalized spacial score (nSPS) is 39.4. The number of nitrogens with one attached hydrogen (secondary N) is 1. The van der Waals surface area contributed by atoms with Gasteiger partial charge in [-0.15, -0.1) is 0 Å². The van der Waals surface area contributed by atoms with Gasteiger partial charge in [-0.25, -0.2) is 0 Å². The molecule has 0 heterocycles. The smallest absolute Gasteiger partial charge is 0.223 e. The summed E-state index contributed by atoms with van der Waals surface area (Å²) in [5.41, 5.74) is 0.110. The van der Waals surface area contributed by atoms with Crippen molar-refractivity contribution in [1.82, 2.24) is 5.32 Å². The van der Waals surface area contributed by atoms with Crippen molar-refractivity contribution in [1.29, 1.82) is 0 Å². The van der Waals surface area contributed by atoms with Gasteiger partial charge in [0, 0.05) is 16.8 Å². The summed E-state index contributed by atoms with van der Waals surface area (Å²) in [5, 5.41) is 4.24. The van der Waals surface area contributed by atoms with E-state index in [4.69, 9.17) is 0 Å². The number of alkyl halides is 1. The van der Waals surface area contributed by atoms with Gasteiger partial charge in [0.15, 0.2) is 0 Å². The van der Waals surface area contributed by atoms with Crippen molar-refractivity contribution in [3.63, 3.8) is 0 Å². The molecule has 0 radical (unpaired) electrons. The molecule has 3 rings (SSSR count). The van der Waals surface area contributed by atoms with Crippen LogP contribution in [0.5, 0.6) is 0 Å². The number of hydrogen-bond donors (Lipinski definition) is 1. The van der Waals surface area contributed by atoms with E-state index in [0.29, 0.717) is 17.7 Å². The topological polar surface area (TPSA) is 29.1 Å². The fourth-order valence-corrected chi connectivity index (χ4v) is 4.52. The van der Waals surface area contributed by atoms with Crippen LogP contribution in [0.1, 0.15) is 44.9 Å². The first-order chi connectivity index (χ1) is 7.72. The summed E-state index contributed by atoms with van der Waals surface area (Å²) in [5.74, 6) is 2.26. The highest BCUT2D eigenvalue weighted by Gasteiger charge is 2.46. The molecule has 3 atom stereocenters. The quantitative estimate of drug-likeness (QED) is 0.794. The lowest BCUT2D eigenvalue weighted by atomic mass is 9.77. The van der Waals surface area contributed by atoms with Gasteiger partial charge in [-0.2, -0.15) is 0 Å². The summed E-state index contributed by atoms with van der Waals surface area (Å²) in [4.78, 5) is 12.3. The van der Waals surface area contributed by atoms with E-state index >= 15 is 0 Å². The van der Waals surface area contributed by atoms with Crippen molar-refractivity contribution in [3.8, 4) is 0 Å². The van der Waals surface area contributed by atoms with Crippen molar-refractivity contribution in [2.75, 3.05) is 5.33 Å². The van der Waals surface area contributed by atoms with Crippen molar-refractivity contribution in [2.45, 2.75) is 50.5 Å². The predicted octanol–water partition coefficient (Wildman–Crippen LogP) is 2.86. The molecule has 0 aromatic carbocycles. The minimum absolute atomic E-state index is 0.110. The van der Waals surface area contributed by atoms with Gasteiger partial charge in [-0.05, 0) is 50.4 Å². The Morgan fingerprint density at radius 1 is 1.31 bits per heavy atom. The maximum Gasteiger partial charge on any atom is 0.223 e. The Hall–Kier alpha value is -0.0500. The van der Waals surface area contributed by atoms with Gasteiger partial charge in [-0.3, -0.25) is 4.79 Å². The number of carbonyl (C=O) groups is 1. The van der Waals surface area contributed by atoms with Crippen LogP contribution in [0.15, 0.2) is 0 Å². The molecule has 3 aliphatic rings. The Balaban J connectivity index is 1.61. The van der Waals surface area contributed by atoms with E-state index < -0.39 is 0 Å². The summed E-state index contributed by atoms with van der Waals surface area (Å²) >= 11 is 3.55. The van der Waals surface area contributed by atoms with Crippen LogP contribution >= 0.6 is 15.9 Å². The fourth-order valence-electron chi connectivity index (χ4n) is 3.82. The molecule has 16 heavy (non-hydrogen) atoms. The van der Waals surface area contributed by atoms with Crippen LogP contribution in [0.3, 0.4) is 0 Å². The number of fused-ring (bicyclic) bond motifs is 2. The third-order valence-electron chi connectivity index (χ3n) is 5.03. The number of amides is 1. The minimum Gasteiger partial charge on any atom is -0.350 e. The van der Waals surface area contributed by atoms with E-state index in [2.05, 4.69) is 21.2 Å². The molecule has 3 unspecified atom stereocenters. The molecule has 3 heteroatoms. The second-order valence-corrected chi connectivity index (χ2v) is 6.60. The van der Waals surface area contributed by atoms with Crippen LogP contribution in [-0.4, -0.2) is 16.8 Å². The van der Waals surface area contributed by atoms with Gasteiger partial charge in [0.25, 0.3) is 0 Å².